The Balaban J connectivity index is 1.51. The van der Waals surface area contributed by atoms with E-state index >= 15 is 0 Å². The average Bonchev–Trinajstić information content (AvgIpc) is 2.64. The standard InChI is InChI=1S/C21H32N2O3/c1-17-7-3-4-14-23(17)15-6-13-22-21(25)8-5-16-26-20-11-9-19(10-12-20)18(2)24/h9-12,17H,3-8,13-16H2,1-2H3,(H,22,25). The molecular formula is C21H32N2O3. The lowest BCUT2D eigenvalue weighted by Gasteiger charge is -2.33. The third kappa shape index (κ3) is 7.16. The van der Waals surface area contributed by atoms with E-state index in [1.54, 1.807) is 31.2 Å². The maximum Gasteiger partial charge on any atom is 0.220 e. The van der Waals surface area contributed by atoms with Crippen molar-refractivity contribution in [3.05, 3.63) is 29.8 Å². The maximum absolute atomic E-state index is 11.9. The fourth-order valence-electron chi connectivity index (χ4n) is 3.30. The van der Waals surface area contributed by atoms with Gasteiger partial charge >= 0.3 is 0 Å². The van der Waals surface area contributed by atoms with E-state index in [-0.39, 0.29) is 11.7 Å². The van der Waals surface area contributed by atoms with Crippen LogP contribution in [0.4, 0.5) is 0 Å². The molecule has 0 aromatic heterocycles. The van der Waals surface area contributed by atoms with Crippen LogP contribution in [0.5, 0.6) is 5.75 Å². The zero-order valence-corrected chi connectivity index (χ0v) is 16.1. The lowest BCUT2D eigenvalue weighted by Crippen LogP contribution is -2.39. The summed E-state index contributed by atoms with van der Waals surface area (Å²) in [6, 6.07) is 7.78. The van der Waals surface area contributed by atoms with Crippen molar-refractivity contribution in [3.63, 3.8) is 0 Å². The first-order valence-electron chi connectivity index (χ1n) is 9.81. The van der Waals surface area contributed by atoms with Gasteiger partial charge in [0.1, 0.15) is 5.75 Å². The summed E-state index contributed by atoms with van der Waals surface area (Å²) in [7, 11) is 0. The van der Waals surface area contributed by atoms with Crippen molar-refractivity contribution in [1.29, 1.82) is 0 Å². The molecular weight excluding hydrogens is 328 g/mol. The van der Waals surface area contributed by atoms with Gasteiger partial charge in [0, 0.05) is 31.1 Å². The van der Waals surface area contributed by atoms with Gasteiger partial charge in [0.2, 0.25) is 5.91 Å². The number of amides is 1. The largest absolute Gasteiger partial charge is 0.494 e. The molecule has 1 atom stereocenters. The first-order valence-corrected chi connectivity index (χ1v) is 9.81. The minimum atomic E-state index is 0.0444. The monoisotopic (exact) mass is 360 g/mol. The Labute approximate surface area is 157 Å². The molecule has 0 bridgehead atoms. The highest BCUT2D eigenvalue weighted by Crippen LogP contribution is 2.16. The molecule has 0 radical (unpaired) electrons. The topological polar surface area (TPSA) is 58.6 Å². The van der Waals surface area contributed by atoms with Crippen LogP contribution < -0.4 is 10.1 Å². The summed E-state index contributed by atoms with van der Waals surface area (Å²) in [6.45, 7) is 7.35. The van der Waals surface area contributed by atoms with E-state index in [2.05, 4.69) is 17.1 Å². The molecule has 1 aliphatic rings. The lowest BCUT2D eigenvalue weighted by molar-refractivity contribution is -0.121. The molecule has 1 N–H and O–H groups in total. The second kappa shape index (κ2) is 11.0. The molecule has 1 aromatic carbocycles. The van der Waals surface area contributed by atoms with Crippen LogP contribution in [-0.2, 0) is 4.79 Å². The van der Waals surface area contributed by atoms with Crippen LogP contribution >= 0.6 is 0 Å². The second-order valence-corrected chi connectivity index (χ2v) is 7.12. The maximum atomic E-state index is 11.9. The summed E-state index contributed by atoms with van der Waals surface area (Å²) >= 11 is 0. The van der Waals surface area contributed by atoms with Crippen molar-refractivity contribution >= 4 is 11.7 Å². The molecule has 5 nitrogen and oxygen atoms in total. The molecule has 5 heteroatoms. The number of carbonyl (C=O) groups is 2. The van der Waals surface area contributed by atoms with Crippen molar-refractivity contribution in [3.8, 4) is 5.75 Å². The summed E-state index contributed by atoms with van der Waals surface area (Å²) in [5.74, 6) is 0.862. The van der Waals surface area contributed by atoms with Crippen LogP contribution in [0.1, 0.15) is 62.7 Å². The fourth-order valence-corrected chi connectivity index (χ4v) is 3.30. The SMILES string of the molecule is CC(=O)c1ccc(OCCCC(=O)NCCCN2CCCCC2C)cc1. The highest BCUT2D eigenvalue weighted by Gasteiger charge is 2.17. The van der Waals surface area contributed by atoms with E-state index in [4.69, 9.17) is 4.74 Å². The van der Waals surface area contributed by atoms with Crippen molar-refractivity contribution < 1.29 is 14.3 Å². The first-order chi connectivity index (χ1) is 12.6. The van der Waals surface area contributed by atoms with Crippen LogP contribution in [0, 0.1) is 0 Å². The van der Waals surface area contributed by atoms with Crippen LogP contribution in [0.2, 0.25) is 0 Å². The van der Waals surface area contributed by atoms with Crippen LogP contribution in [0.25, 0.3) is 0 Å². The Morgan fingerprint density at radius 2 is 1.96 bits per heavy atom. The van der Waals surface area contributed by atoms with E-state index in [0.717, 1.165) is 25.3 Å². The Morgan fingerprint density at radius 3 is 2.65 bits per heavy atom. The number of nitrogens with zero attached hydrogens (tertiary/aromatic N) is 1. The van der Waals surface area contributed by atoms with Crippen molar-refractivity contribution in [2.45, 2.75) is 58.4 Å². The predicted octanol–water partition coefficient (Wildman–Crippen LogP) is 3.43. The summed E-state index contributed by atoms with van der Waals surface area (Å²) < 4.78 is 5.61. The normalized spacial score (nSPS) is 17.7. The smallest absolute Gasteiger partial charge is 0.220 e. The van der Waals surface area contributed by atoms with Crippen LogP contribution in [-0.4, -0.2) is 48.9 Å². The predicted molar refractivity (Wildman–Crippen MR) is 104 cm³/mol. The highest BCUT2D eigenvalue weighted by molar-refractivity contribution is 5.94. The van der Waals surface area contributed by atoms with Gasteiger partial charge in [-0.25, -0.2) is 0 Å². The number of ketones is 1. The zero-order chi connectivity index (χ0) is 18.8. The number of ether oxygens (including phenoxy) is 1. The second-order valence-electron chi connectivity index (χ2n) is 7.12. The number of benzene rings is 1. The van der Waals surface area contributed by atoms with Gasteiger partial charge in [-0.3, -0.25) is 9.59 Å². The number of Topliss-reactive ketones (excluding diaryl/α,β-unsaturated/α-hetero) is 1. The Hall–Kier alpha value is -1.88. The molecule has 1 amide bonds. The Kier molecular flexibility index (Phi) is 8.62. The molecule has 2 rings (SSSR count). The lowest BCUT2D eigenvalue weighted by atomic mass is 10.0. The molecule has 26 heavy (non-hydrogen) atoms. The van der Waals surface area contributed by atoms with Gasteiger partial charge < -0.3 is 15.0 Å². The number of rotatable bonds is 10. The summed E-state index contributed by atoms with van der Waals surface area (Å²) in [5.41, 5.74) is 0.677. The molecule has 0 saturated carbocycles. The molecule has 1 aliphatic heterocycles. The van der Waals surface area contributed by atoms with Gasteiger partial charge in [-0.1, -0.05) is 6.42 Å². The number of hydrogen-bond donors (Lipinski definition) is 1. The van der Waals surface area contributed by atoms with E-state index in [1.165, 1.54) is 25.8 Å². The van der Waals surface area contributed by atoms with Gasteiger partial charge in [-0.15, -0.1) is 0 Å². The molecule has 1 fully saturated rings. The molecule has 1 saturated heterocycles. The van der Waals surface area contributed by atoms with Crippen molar-refractivity contribution in [2.75, 3.05) is 26.2 Å². The molecule has 1 unspecified atom stereocenters. The minimum absolute atomic E-state index is 0.0444. The third-order valence-corrected chi connectivity index (χ3v) is 4.96. The van der Waals surface area contributed by atoms with Gasteiger partial charge in [-0.05, 0) is 70.3 Å². The van der Waals surface area contributed by atoms with Crippen molar-refractivity contribution in [1.82, 2.24) is 10.2 Å². The van der Waals surface area contributed by atoms with Crippen LogP contribution in [0.3, 0.4) is 0 Å². The Morgan fingerprint density at radius 1 is 1.19 bits per heavy atom. The Bertz CT molecular complexity index is 571. The number of carbonyl (C=O) groups excluding carboxylic acids is 2. The molecule has 1 heterocycles. The van der Waals surface area contributed by atoms with E-state index in [1.807, 2.05) is 0 Å². The summed E-state index contributed by atoms with van der Waals surface area (Å²) in [6.07, 6.45) is 6.11. The van der Waals surface area contributed by atoms with Crippen molar-refractivity contribution in [2.24, 2.45) is 0 Å². The average molecular weight is 360 g/mol. The third-order valence-electron chi connectivity index (χ3n) is 4.96. The van der Waals surface area contributed by atoms with Gasteiger partial charge in [-0.2, -0.15) is 0 Å². The summed E-state index contributed by atoms with van der Waals surface area (Å²) in [4.78, 5) is 25.6. The number of piperidine rings is 1. The minimum Gasteiger partial charge on any atom is -0.494 e. The van der Waals surface area contributed by atoms with Gasteiger partial charge in [0.05, 0.1) is 6.61 Å². The van der Waals surface area contributed by atoms with E-state index < -0.39 is 0 Å². The zero-order valence-electron chi connectivity index (χ0n) is 16.1. The quantitative estimate of drug-likeness (QED) is 0.513. The van der Waals surface area contributed by atoms with E-state index in [9.17, 15) is 9.59 Å². The van der Waals surface area contributed by atoms with Gasteiger partial charge in [0.25, 0.3) is 0 Å². The fraction of sp³-hybridized carbons (Fsp3) is 0.619. The number of likely N-dealkylation sites (tertiary alicyclic amines) is 1. The molecule has 144 valence electrons. The molecule has 0 aliphatic carbocycles. The van der Waals surface area contributed by atoms with Crippen LogP contribution in [0.15, 0.2) is 24.3 Å². The molecule has 1 aromatic rings. The molecule has 0 spiro atoms. The summed E-state index contributed by atoms with van der Waals surface area (Å²) in [5, 5.41) is 3.00. The van der Waals surface area contributed by atoms with Gasteiger partial charge in [0.15, 0.2) is 5.78 Å². The highest BCUT2D eigenvalue weighted by atomic mass is 16.5. The first kappa shape index (κ1) is 20.4. The number of hydrogen-bond acceptors (Lipinski definition) is 4. The van der Waals surface area contributed by atoms with E-state index in [0.29, 0.717) is 31.1 Å². The number of nitrogens with one attached hydrogen (secondary N) is 1.